The lowest BCUT2D eigenvalue weighted by Crippen LogP contribution is -2.55. The first-order valence-corrected chi connectivity index (χ1v) is 6.14. The van der Waals surface area contributed by atoms with Gasteiger partial charge in [0.1, 0.15) is 5.92 Å². The van der Waals surface area contributed by atoms with Crippen LogP contribution < -0.4 is 0 Å². The van der Waals surface area contributed by atoms with Crippen LogP contribution in [0.3, 0.4) is 0 Å². The summed E-state index contributed by atoms with van der Waals surface area (Å²) >= 11 is 0. The Morgan fingerprint density at radius 3 is 2.63 bits per heavy atom. The van der Waals surface area contributed by atoms with Gasteiger partial charge in [-0.1, -0.05) is 5.57 Å². The van der Waals surface area contributed by atoms with Crippen LogP contribution in [0, 0.1) is 11.3 Å². The van der Waals surface area contributed by atoms with E-state index in [-0.39, 0.29) is 0 Å². The molecule has 3 unspecified atom stereocenters. The fourth-order valence-corrected chi connectivity index (χ4v) is 3.27. The summed E-state index contributed by atoms with van der Waals surface area (Å²) in [6, 6.07) is 0. The Balaban J connectivity index is 2.22. The molecule has 100 valence electrons. The van der Waals surface area contributed by atoms with E-state index in [1.807, 2.05) is 0 Å². The highest BCUT2D eigenvalue weighted by molar-refractivity contribution is 6.49. The van der Waals surface area contributed by atoms with E-state index in [4.69, 9.17) is 4.74 Å². The minimum atomic E-state index is -1.79. The smallest absolute Gasteiger partial charge is 0.331 e. The first-order chi connectivity index (χ1) is 8.99. The number of carbonyl (C=O) groups is 4. The summed E-state index contributed by atoms with van der Waals surface area (Å²) in [5.74, 6) is -4.38. The monoisotopic (exact) mass is 264 g/mol. The predicted molar refractivity (Wildman–Crippen MR) is 59.8 cm³/mol. The highest BCUT2D eigenvalue weighted by atomic mass is 16.6. The Morgan fingerprint density at radius 1 is 1.26 bits per heavy atom. The normalized spacial score (nSPS) is 38.3. The third kappa shape index (κ3) is 1.35. The molecule has 2 saturated heterocycles. The maximum atomic E-state index is 12.3. The predicted octanol–water partition coefficient (Wildman–Crippen LogP) is -0.0505. The number of carbonyl (C=O) groups excluding carboxylic acids is 4. The molecule has 0 N–H and O–H groups in total. The summed E-state index contributed by atoms with van der Waals surface area (Å²) in [5.41, 5.74) is -1.40. The van der Waals surface area contributed by atoms with Gasteiger partial charge < -0.3 is 9.47 Å². The molecule has 6 nitrogen and oxygen atoms in total. The minimum Gasteiger partial charge on any atom is -0.392 e. The van der Waals surface area contributed by atoms with Gasteiger partial charge in [0.2, 0.25) is 11.6 Å². The molecule has 0 saturated carbocycles. The van der Waals surface area contributed by atoms with Crippen molar-refractivity contribution in [2.24, 2.45) is 11.3 Å². The van der Waals surface area contributed by atoms with Gasteiger partial charge in [-0.15, -0.1) is 0 Å². The molecule has 1 aliphatic carbocycles. The first-order valence-electron chi connectivity index (χ1n) is 6.14. The number of allylic oxidation sites excluding steroid dienone is 1. The van der Waals surface area contributed by atoms with Gasteiger partial charge in [-0.3, -0.25) is 19.2 Å². The fraction of sp³-hybridized carbons (Fsp3) is 0.538. The summed E-state index contributed by atoms with van der Waals surface area (Å²) < 4.78 is 10.1. The number of rotatable bonds is 1. The largest absolute Gasteiger partial charge is 0.392 e. The number of cyclic esters (lactones) is 2. The molecule has 0 aromatic carbocycles. The van der Waals surface area contributed by atoms with Crippen molar-refractivity contribution < 1.29 is 28.7 Å². The number of esters is 2. The molecule has 2 fully saturated rings. The zero-order valence-electron chi connectivity index (χ0n) is 10.3. The maximum absolute atomic E-state index is 12.3. The van der Waals surface area contributed by atoms with E-state index in [0.717, 1.165) is 6.08 Å². The van der Waals surface area contributed by atoms with Gasteiger partial charge >= 0.3 is 11.9 Å². The van der Waals surface area contributed by atoms with Crippen molar-refractivity contribution in [2.75, 3.05) is 6.61 Å². The van der Waals surface area contributed by atoms with E-state index in [9.17, 15) is 19.2 Å². The fourth-order valence-electron chi connectivity index (χ4n) is 3.27. The average molecular weight is 264 g/mol. The minimum absolute atomic E-state index is 0.385. The van der Waals surface area contributed by atoms with Crippen LogP contribution in [0.15, 0.2) is 11.6 Å². The van der Waals surface area contributed by atoms with Crippen LogP contribution in [0.2, 0.25) is 0 Å². The van der Waals surface area contributed by atoms with Crippen LogP contribution in [0.25, 0.3) is 0 Å². The molecule has 0 spiro atoms. The third-order valence-corrected chi connectivity index (χ3v) is 4.07. The molecule has 0 bridgehead atoms. The van der Waals surface area contributed by atoms with Crippen molar-refractivity contribution in [1.82, 2.24) is 0 Å². The summed E-state index contributed by atoms with van der Waals surface area (Å²) in [7, 11) is 0. The molecule has 3 aliphatic rings. The topological polar surface area (TPSA) is 86.7 Å². The lowest BCUT2D eigenvalue weighted by molar-refractivity contribution is -0.163. The van der Waals surface area contributed by atoms with Crippen LogP contribution in [0.4, 0.5) is 0 Å². The molecular formula is C13H12O6. The van der Waals surface area contributed by atoms with E-state index in [1.165, 1.54) is 0 Å². The van der Waals surface area contributed by atoms with E-state index < -0.39 is 40.9 Å². The number of ketones is 2. The highest BCUT2D eigenvalue weighted by Crippen LogP contribution is 2.50. The average Bonchev–Trinajstić information content (AvgIpc) is 2.93. The van der Waals surface area contributed by atoms with Gasteiger partial charge in [0.25, 0.3) is 0 Å². The van der Waals surface area contributed by atoms with E-state index in [2.05, 4.69) is 4.74 Å². The Hall–Kier alpha value is -1.82. The maximum Gasteiger partial charge on any atom is 0.331 e. The Bertz CT molecular complexity index is 539. The number of Topliss-reactive ketones (excluding diaryl/α,β-unsaturated/α-hetero) is 1. The highest BCUT2D eigenvalue weighted by Gasteiger charge is 2.70. The molecule has 0 aromatic heterocycles. The van der Waals surface area contributed by atoms with E-state index in [0.29, 0.717) is 25.0 Å². The molecule has 0 amide bonds. The van der Waals surface area contributed by atoms with Gasteiger partial charge in [0.05, 0.1) is 6.10 Å². The second-order valence-corrected chi connectivity index (χ2v) is 5.09. The van der Waals surface area contributed by atoms with Crippen LogP contribution in [0.5, 0.6) is 0 Å². The van der Waals surface area contributed by atoms with Gasteiger partial charge in [-0.2, -0.15) is 0 Å². The van der Waals surface area contributed by atoms with Crippen LogP contribution in [0.1, 0.15) is 19.8 Å². The van der Waals surface area contributed by atoms with Crippen molar-refractivity contribution in [3.63, 3.8) is 0 Å². The number of hydrogen-bond donors (Lipinski definition) is 0. The Labute approximate surface area is 108 Å². The summed E-state index contributed by atoms with van der Waals surface area (Å²) in [5, 5.41) is 0. The van der Waals surface area contributed by atoms with Gasteiger partial charge in [-0.25, -0.2) is 0 Å². The molecule has 19 heavy (non-hydrogen) atoms. The first kappa shape index (κ1) is 12.2. The molecule has 2 aliphatic heterocycles. The molecule has 2 heterocycles. The quantitative estimate of drug-likeness (QED) is 0.375. The number of hydrogen-bond acceptors (Lipinski definition) is 6. The zero-order chi connectivity index (χ0) is 13.8. The standard InChI is InChI=1S/C13H12O6/c1-6-5-7(14)10(15)13(8-3-2-4-18-8)9(6)11(16)19-12(13)17/h5,8-9H,2-4H2,1H3. The zero-order valence-corrected chi connectivity index (χ0v) is 10.3. The lowest BCUT2D eigenvalue weighted by atomic mass is 9.62. The molecule has 6 heteroatoms. The van der Waals surface area contributed by atoms with E-state index in [1.54, 1.807) is 6.92 Å². The molecular weight excluding hydrogens is 252 g/mol. The lowest BCUT2D eigenvalue weighted by Gasteiger charge is -2.34. The van der Waals surface area contributed by atoms with Crippen LogP contribution >= 0.6 is 0 Å². The summed E-state index contributed by atoms with van der Waals surface area (Å²) in [6.07, 6.45) is 1.51. The third-order valence-electron chi connectivity index (χ3n) is 4.07. The SMILES string of the molecule is CC1=CC(=O)C(=O)C2(C3CCCO3)C(=O)OC(=O)C12. The van der Waals surface area contributed by atoms with Gasteiger partial charge in [-0.05, 0) is 25.8 Å². The van der Waals surface area contributed by atoms with Crippen LogP contribution in [-0.4, -0.2) is 36.2 Å². The molecule has 0 aromatic rings. The Kier molecular flexibility index (Phi) is 2.47. The van der Waals surface area contributed by atoms with Crippen molar-refractivity contribution in [3.05, 3.63) is 11.6 Å². The second-order valence-electron chi connectivity index (χ2n) is 5.09. The van der Waals surface area contributed by atoms with Crippen molar-refractivity contribution in [3.8, 4) is 0 Å². The van der Waals surface area contributed by atoms with Crippen molar-refractivity contribution >= 4 is 23.5 Å². The van der Waals surface area contributed by atoms with Crippen LogP contribution in [-0.2, 0) is 28.7 Å². The molecule has 0 radical (unpaired) electrons. The van der Waals surface area contributed by atoms with Crippen molar-refractivity contribution in [1.29, 1.82) is 0 Å². The van der Waals surface area contributed by atoms with Gasteiger partial charge in [0.15, 0.2) is 5.41 Å². The van der Waals surface area contributed by atoms with E-state index >= 15 is 0 Å². The summed E-state index contributed by atoms with van der Waals surface area (Å²) in [6.45, 7) is 1.96. The second kappa shape index (κ2) is 3.84. The molecule has 3 rings (SSSR count). The summed E-state index contributed by atoms with van der Waals surface area (Å²) in [4.78, 5) is 48.0. The number of ether oxygens (including phenoxy) is 2. The van der Waals surface area contributed by atoms with Gasteiger partial charge in [0, 0.05) is 6.61 Å². The molecule has 3 atom stereocenters. The van der Waals surface area contributed by atoms with Crippen molar-refractivity contribution in [2.45, 2.75) is 25.9 Å². The number of fused-ring (bicyclic) bond motifs is 1. The Morgan fingerprint density at radius 2 is 2.00 bits per heavy atom.